The first-order valence-corrected chi connectivity index (χ1v) is 9.69. The molecule has 5 aromatic rings. The number of amides is 1. The van der Waals surface area contributed by atoms with E-state index in [2.05, 4.69) is 20.3 Å². The van der Waals surface area contributed by atoms with Crippen LogP contribution < -0.4 is 5.73 Å². The molecule has 0 spiro atoms. The number of carbonyl (C=O) groups excluding carboxylic acids is 1. The van der Waals surface area contributed by atoms with Gasteiger partial charge in [0.25, 0.3) is 5.91 Å². The maximum atomic E-state index is 14.2. The van der Waals surface area contributed by atoms with E-state index in [-0.39, 0.29) is 5.56 Å². The highest BCUT2D eigenvalue weighted by molar-refractivity contribution is 7.16. The lowest BCUT2D eigenvalue weighted by molar-refractivity contribution is 0.0992. The van der Waals surface area contributed by atoms with Crippen molar-refractivity contribution in [2.45, 2.75) is 6.54 Å². The fraction of sp³-hybridized carbons (Fsp3) is 0.0500. The van der Waals surface area contributed by atoms with Gasteiger partial charge in [-0.05, 0) is 42.0 Å². The smallest absolute Gasteiger partial charge is 0.254 e. The average molecular weight is 422 g/mol. The predicted octanol–water partition coefficient (Wildman–Crippen LogP) is 3.53. The summed E-state index contributed by atoms with van der Waals surface area (Å²) in [7, 11) is 0. The van der Waals surface area contributed by atoms with Gasteiger partial charge in [0.2, 0.25) is 0 Å². The Balaban J connectivity index is 1.55. The van der Waals surface area contributed by atoms with Gasteiger partial charge in [0.05, 0.1) is 28.0 Å². The fourth-order valence-corrected chi connectivity index (χ4v) is 3.99. The molecule has 148 valence electrons. The molecule has 0 atom stereocenters. The topological polar surface area (TPSA) is 99.6 Å². The van der Waals surface area contributed by atoms with Gasteiger partial charge in [-0.25, -0.2) is 23.4 Å². The highest BCUT2D eigenvalue weighted by atomic mass is 32.1. The monoisotopic (exact) mass is 422 g/mol. The summed E-state index contributed by atoms with van der Waals surface area (Å²) >= 11 is 1.55. The summed E-state index contributed by atoms with van der Waals surface area (Å²) in [6, 6.07) is 11.2. The number of hydrogen-bond donors (Lipinski definition) is 1. The second-order valence-electron chi connectivity index (χ2n) is 6.62. The third-order valence-corrected chi connectivity index (χ3v) is 5.46. The van der Waals surface area contributed by atoms with E-state index in [0.29, 0.717) is 23.4 Å². The van der Waals surface area contributed by atoms with E-state index in [0.717, 1.165) is 27.9 Å². The molecule has 3 heterocycles. The minimum Gasteiger partial charge on any atom is -0.365 e. The summed E-state index contributed by atoms with van der Waals surface area (Å²) in [4.78, 5) is 20.0. The lowest BCUT2D eigenvalue weighted by Gasteiger charge is -2.07. The molecule has 0 saturated heterocycles. The third-order valence-electron chi connectivity index (χ3n) is 4.67. The number of halogens is 2. The first-order valence-electron chi connectivity index (χ1n) is 8.81. The van der Waals surface area contributed by atoms with E-state index >= 15 is 0 Å². The number of thiazole rings is 1. The van der Waals surface area contributed by atoms with Crippen molar-refractivity contribution in [3.63, 3.8) is 0 Å². The number of nitrogens with zero attached hydrogens (tertiary/aromatic N) is 5. The van der Waals surface area contributed by atoms with E-state index in [1.165, 1.54) is 0 Å². The zero-order chi connectivity index (χ0) is 20.8. The fourth-order valence-electron chi connectivity index (χ4n) is 3.25. The van der Waals surface area contributed by atoms with Crippen LogP contribution in [0.2, 0.25) is 0 Å². The first-order chi connectivity index (χ1) is 14.5. The quantitative estimate of drug-likeness (QED) is 0.478. The molecule has 10 heteroatoms. The standard InChI is InChI=1S/C20H12F2N6OS/c21-12-6-11(7-13(22)18(12)19(23)29)14-3-4-16-20(25-14)28(27-26-16)8-10-1-2-15-17(5-10)30-9-24-15/h1-7,9H,8H2,(H2,23,29). The first kappa shape index (κ1) is 18.3. The summed E-state index contributed by atoms with van der Waals surface area (Å²) in [5, 5.41) is 8.25. The van der Waals surface area contributed by atoms with Crippen LogP contribution in [0, 0.1) is 11.6 Å². The summed E-state index contributed by atoms with van der Waals surface area (Å²) < 4.78 is 31.0. The third kappa shape index (κ3) is 3.07. The molecule has 7 nitrogen and oxygen atoms in total. The number of primary amides is 1. The molecule has 0 radical (unpaired) electrons. The molecule has 2 aromatic carbocycles. The van der Waals surface area contributed by atoms with Crippen molar-refractivity contribution in [2.75, 3.05) is 0 Å². The van der Waals surface area contributed by atoms with Gasteiger partial charge in [-0.2, -0.15) is 0 Å². The Bertz CT molecular complexity index is 1420. The second-order valence-corrected chi connectivity index (χ2v) is 7.51. The molecule has 0 aliphatic carbocycles. The van der Waals surface area contributed by atoms with Crippen LogP contribution in [-0.4, -0.2) is 30.9 Å². The van der Waals surface area contributed by atoms with E-state index < -0.39 is 23.1 Å². The van der Waals surface area contributed by atoms with Crippen molar-refractivity contribution in [1.82, 2.24) is 25.0 Å². The molecule has 0 aliphatic heterocycles. The van der Waals surface area contributed by atoms with Crippen LogP contribution in [0.15, 0.2) is 48.0 Å². The van der Waals surface area contributed by atoms with E-state index in [4.69, 9.17) is 5.73 Å². The van der Waals surface area contributed by atoms with Crippen molar-refractivity contribution in [3.8, 4) is 11.3 Å². The van der Waals surface area contributed by atoms with Gasteiger partial charge in [0.15, 0.2) is 5.65 Å². The Kier molecular flexibility index (Phi) is 4.21. The van der Waals surface area contributed by atoms with Crippen LogP contribution in [-0.2, 0) is 6.54 Å². The van der Waals surface area contributed by atoms with Crippen LogP contribution >= 0.6 is 11.3 Å². The van der Waals surface area contributed by atoms with Crippen molar-refractivity contribution < 1.29 is 13.6 Å². The minimum absolute atomic E-state index is 0.177. The molecule has 0 unspecified atom stereocenters. The normalized spacial score (nSPS) is 11.4. The van der Waals surface area contributed by atoms with Crippen LogP contribution in [0.3, 0.4) is 0 Å². The Morgan fingerprint density at radius 2 is 1.83 bits per heavy atom. The molecule has 1 amide bonds. The van der Waals surface area contributed by atoms with E-state index in [1.54, 1.807) is 33.7 Å². The predicted molar refractivity (Wildman–Crippen MR) is 108 cm³/mol. The summed E-state index contributed by atoms with van der Waals surface area (Å²) in [6.07, 6.45) is 0. The Labute approximate surface area is 171 Å². The lowest BCUT2D eigenvalue weighted by Crippen LogP contribution is -2.15. The summed E-state index contributed by atoms with van der Waals surface area (Å²) in [6.45, 7) is 0.421. The van der Waals surface area contributed by atoms with Crippen molar-refractivity contribution in [1.29, 1.82) is 0 Å². The Morgan fingerprint density at radius 1 is 1.07 bits per heavy atom. The van der Waals surface area contributed by atoms with Gasteiger partial charge < -0.3 is 5.73 Å². The molecule has 0 aliphatic rings. The van der Waals surface area contributed by atoms with Gasteiger partial charge in [-0.15, -0.1) is 16.4 Å². The Morgan fingerprint density at radius 3 is 2.60 bits per heavy atom. The summed E-state index contributed by atoms with van der Waals surface area (Å²) in [5.74, 6) is -3.24. The number of carbonyl (C=O) groups is 1. The van der Waals surface area contributed by atoms with Crippen molar-refractivity contribution in [3.05, 3.63) is 70.7 Å². The number of aromatic nitrogens is 5. The molecule has 3 aromatic heterocycles. The number of nitrogens with two attached hydrogens (primary N) is 1. The number of fused-ring (bicyclic) bond motifs is 2. The second kappa shape index (κ2) is 6.92. The van der Waals surface area contributed by atoms with Gasteiger partial charge in [-0.1, -0.05) is 11.3 Å². The number of benzene rings is 2. The van der Waals surface area contributed by atoms with Crippen LogP contribution in [0.1, 0.15) is 15.9 Å². The van der Waals surface area contributed by atoms with Crippen molar-refractivity contribution >= 4 is 38.6 Å². The zero-order valence-electron chi connectivity index (χ0n) is 15.2. The highest BCUT2D eigenvalue weighted by Crippen LogP contribution is 2.25. The molecule has 2 N–H and O–H groups in total. The summed E-state index contributed by atoms with van der Waals surface area (Å²) in [5.41, 5.74) is 9.47. The van der Waals surface area contributed by atoms with Crippen LogP contribution in [0.4, 0.5) is 8.78 Å². The van der Waals surface area contributed by atoms with Gasteiger partial charge in [0, 0.05) is 5.56 Å². The van der Waals surface area contributed by atoms with E-state index in [9.17, 15) is 13.6 Å². The average Bonchev–Trinajstić information content (AvgIpc) is 3.33. The maximum absolute atomic E-state index is 14.2. The molecule has 30 heavy (non-hydrogen) atoms. The SMILES string of the molecule is NC(=O)c1c(F)cc(-c2ccc3nnn(Cc4ccc5ncsc5c4)c3n2)cc1F. The van der Waals surface area contributed by atoms with Gasteiger partial charge in [0.1, 0.15) is 22.7 Å². The Hall–Kier alpha value is -3.79. The molecule has 5 rings (SSSR count). The van der Waals surface area contributed by atoms with Crippen molar-refractivity contribution in [2.24, 2.45) is 5.73 Å². The lowest BCUT2D eigenvalue weighted by atomic mass is 10.1. The number of rotatable bonds is 4. The highest BCUT2D eigenvalue weighted by Gasteiger charge is 2.18. The molecule has 0 bridgehead atoms. The van der Waals surface area contributed by atoms with Crippen LogP contribution in [0.25, 0.3) is 32.6 Å². The molecule has 0 fully saturated rings. The minimum atomic E-state index is -1.17. The van der Waals surface area contributed by atoms with Crippen LogP contribution in [0.5, 0.6) is 0 Å². The van der Waals surface area contributed by atoms with E-state index in [1.807, 2.05) is 18.2 Å². The van der Waals surface area contributed by atoms with Gasteiger partial charge >= 0.3 is 0 Å². The molecular formula is C20H12F2N6OS. The number of pyridine rings is 1. The largest absolute Gasteiger partial charge is 0.365 e. The number of hydrogen-bond acceptors (Lipinski definition) is 6. The zero-order valence-corrected chi connectivity index (χ0v) is 16.0. The maximum Gasteiger partial charge on any atom is 0.254 e. The molecular weight excluding hydrogens is 410 g/mol. The van der Waals surface area contributed by atoms with Gasteiger partial charge in [-0.3, -0.25) is 4.79 Å². The molecule has 0 saturated carbocycles.